The summed E-state index contributed by atoms with van der Waals surface area (Å²) in [7, 11) is 0. The van der Waals surface area contributed by atoms with Crippen LogP contribution in [-0.4, -0.2) is 12.7 Å². The Morgan fingerprint density at radius 1 is 1.04 bits per heavy atom. The predicted octanol–water partition coefficient (Wildman–Crippen LogP) is 3.91. The quantitative estimate of drug-likeness (QED) is 0.860. The molecule has 2 heterocycles. The van der Waals surface area contributed by atoms with Gasteiger partial charge in [0.15, 0.2) is 11.5 Å². The van der Waals surface area contributed by atoms with Crippen molar-refractivity contribution in [2.45, 2.75) is 18.5 Å². The molecule has 2 aliphatic rings. The Morgan fingerprint density at radius 3 is 2.50 bits per heavy atom. The lowest BCUT2D eigenvalue weighted by molar-refractivity contribution is -0.138. The van der Waals surface area contributed by atoms with E-state index in [1.165, 1.54) is 12.1 Å². The molecule has 2 aromatic carbocycles. The summed E-state index contributed by atoms with van der Waals surface area (Å²) >= 11 is 0. The summed E-state index contributed by atoms with van der Waals surface area (Å²) < 4.78 is 50.6. The van der Waals surface area contributed by atoms with Crippen molar-refractivity contribution in [2.24, 2.45) is 0 Å². The molecule has 0 radical (unpaired) electrons. The number of ether oxygens (including phenoxy) is 2. The fourth-order valence-electron chi connectivity index (χ4n) is 3.19. The fraction of sp³-hybridized carbons (Fsp3) is 0.235. The van der Waals surface area contributed by atoms with Crippen LogP contribution >= 0.6 is 0 Å². The highest BCUT2D eigenvalue weighted by Crippen LogP contribution is 2.47. The van der Waals surface area contributed by atoms with Gasteiger partial charge in [0.05, 0.1) is 5.56 Å². The van der Waals surface area contributed by atoms with Crippen molar-refractivity contribution in [1.82, 2.24) is 0 Å². The van der Waals surface area contributed by atoms with E-state index in [0.717, 1.165) is 6.07 Å². The molecule has 4 nitrogen and oxygen atoms in total. The van der Waals surface area contributed by atoms with E-state index in [4.69, 9.17) is 9.47 Å². The van der Waals surface area contributed by atoms with E-state index in [0.29, 0.717) is 22.7 Å². The monoisotopic (exact) mass is 335 g/mol. The standard InChI is InChI=1S/C17H12F3NO3/c18-17(19,20)12-4-2-1-3-9(12)10-6-16(22)21-13-7-15-14(5-11(10)13)23-8-24-15/h1-5,7,10H,6,8H2,(H,21,22)/t10-/m1/s1. The van der Waals surface area contributed by atoms with E-state index >= 15 is 0 Å². The number of amides is 1. The van der Waals surface area contributed by atoms with Crippen LogP contribution in [0, 0.1) is 0 Å². The van der Waals surface area contributed by atoms with Gasteiger partial charge in [-0.1, -0.05) is 18.2 Å². The first-order valence-corrected chi connectivity index (χ1v) is 7.33. The molecule has 0 aromatic heterocycles. The number of nitrogens with one attached hydrogen (secondary N) is 1. The Balaban J connectivity index is 1.88. The third kappa shape index (κ3) is 2.36. The highest BCUT2D eigenvalue weighted by atomic mass is 19.4. The Hall–Kier alpha value is -2.70. The number of rotatable bonds is 1. The van der Waals surface area contributed by atoms with Crippen LogP contribution in [0.4, 0.5) is 18.9 Å². The summed E-state index contributed by atoms with van der Waals surface area (Å²) in [6, 6.07) is 8.58. The molecule has 1 amide bonds. The number of carbonyl (C=O) groups excluding carboxylic acids is 1. The maximum absolute atomic E-state index is 13.4. The molecule has 24 heavy (non-hydrogen) atoms. The van der Waals surface area contributed by atoms with Gasteiger partial charge in [-0.25, -0.2) is 0 Å². The first-order chi connectivity index (χ1) is 11.4. The number of fused-ring (bicyclic) bond motifs is 2. The number of benzene rings is 2. The van der Waals surface area contributed by atoms with Crippen molar-refractivity contribution in [3.05, 3.63) is 53.1 Å². The van der Waals surface area contributed by atoms with Crippen LogP contribution < -0.4 is 14.8 Å². The van der Waals surface area contributed by atoms with Crippen LogP contribution in [0.25, 0.3) is 0 Å². The molecule has 0 saturated carbocycles. The van der Waals surface area contributed by atoms with Crippen molar-refractivity contribution in [3.63, 3.8) is 0 Å². The molecule has 0 bridgehead atoms. The van der Waals surface area contributed by atoms with Gasteiger partial charge < -0.3 is 14.8 Å². The molecule has 0 fully saturated rings. The van der Waals surface area contributed by atoms with Crippen LogP contribution in [0.15, 0.2) is 36.4 Å². The van der Waals surface area contributed by atoms with E-state index in [-0.39, 0.29) is 24.7 Å². The molecule has 1 atom stereocenters. The Bertz CT molecular complexity index is 832. The predicted molar refractivity (Wildman–Crippen MR) is 79.1 cm³/mol. The van der Waals surface area contributed by atoms with Crippen LogP contribution in [0.2, 0.25) is 0 Å². The molecule has 0 unspecified atom stereocenters. The number of halogens is 3. The van der Waals surface area contributed by atoms with Crippen molar-refractivity contribution >= 4 is 11.6 Å². The number of hydrogen-bond acceptors (Lipinski definition) is 3. The zero-order valence-corrected chi connectivity index (χ0v) is 12.3. The smallest absolute Gasteiger partial charge is 0.416 e. The number of alkyl halides is 3. The normalized spacial score (nSPS) is 19.0. The molecule has 2 aromatic rings. The van der Waals surface area contributed by atoms with Gasteiger partial charge in [0.2, 0.25) is 12.7 Å². The summed E-state index contributed by atoms with van der Waals surface area (Å²) in [5.41, 5.74) is 0.404. The summed E-state index contributed by atoms with van der Waals surface area (Å²) in [6.07, 6.45) is -4.54. The average molecular weight is 335 g/mol. The number of hydrogen-bond donors (Lipinski definition) is 1. The third-order valence-electron chi connectivity index (χ3n) is 4.23. The maximum atomic E-state index is 13.4. The zero-order chi connectivity index (χ0) is 16.9. The van der Waals surface area contributed by atoms with Gasteiger partial charge in [-0.05, 0) is 23.3 Å². The van der Waals surface area contributed by atoms with Crippen LogP contribution in [0.5, 0.6) is 11.5 Å². The second-order valence-electron chi connectivity index (χ2n) is 5.68. The van der Waals surface area contributed by atoms with Gasteiger partial charge >= 0.3 is 6.18 Å². The molecular weight excluding hydrogens is 323 g/mol. The minimum absolute atomic E-state index is 0.0516. The van der Waals surface area contributed by atoms with E-state index < -0.39 is 17.7 Å². The molecular formula is C17H12F3NO3. The zero-order valence-electron chi connectivity index (χ0n) is 12.3. The molecule has 2 aliphatic heterocycles. The molecule has 0 saturated heterocycles. The third-order valence-corrected chi connectivity index (χ3v) is 4.23. The first-order valence-electron chi connectivity index (χ1n) is 7.33. The molecule has 1 N–H and O–H groups in total. The topological polar surface area (TPSA) is 47.6 Å². The Labute approximate surface area is 135 Å². The number of anilines is 1. The van der Waals surface area contributed by atoms with Gasteiger partial charge in [-0.3, -0.25) is 4.79 Å². The SMILES string of the molecule is O=C1C[C@H](c2ccccc2C(F)(F)F)c2cc3c(cc2N1)OCO3. The molecule has 124 valence electrons. The second kappa shape index (κ2) is 5.15. The molecule has 0 spiro atoms. The summed E-state index contributed by atoms with van der Waals surface area (Å²) in [5.74, 6) is -0.0809. The largest absolute Gasteiger partial charge is 0.454 e. The lowest BCUT2D eigenvalue weighted by Gasteiger charge is -2.28. The average Bonchev–Trinajstić information content (AvgIpc) is 2.98. The van der Waals surface area contributed by atoms with Gasteiger partial charge in [-0.15, -0.1) is 0 Å². The minimum Gasteiger partial charge on any atom is -0.454 e. The highest BCUT2D eigenvalue weighted by molar-refractivity contribution is 5.96. The van der Waals surface area contributed by atoms with Crippen molar-refractivity contribution in [3.8, 4) is 11.5 Å². The van der Waals surface area contributed by atoms with Crippen LogP contribution in [0.1, 0.15) is 29.0 Å². The van der Waals surface area contributed by atoms with Crippen molar-refractivity contribution < 1.29 is 27.4 Å². The number of carbonyl (C=O) groups is 1. The summed E-state index contributed by atoms with van der Waals surface area (Å²) in [5, 5.41) is 2.69. The Kier molecular flexibility index (Phi) is 3.19. The summed E-state index contributed by atoms with van der Waals surface area (Å²) in [4.78, 5) is 12.0. The molecule has 4 rings (SSSR count). The van der Waals surface area contributed by atoms with Crippen LogP contribution in [-0.2, 0) is 11.0 Å². The van der Waals surface area contributed by atoms with Crippen LogP contribution in [0.3, 0.4) is 0 Å². The van der Waals surface area contributed by atoms with Crippen molar-refractivity contribution in [1.29, 1.82) is 0 Å². The lowest BCUT2D eigenvalue weighted by atomic mass is 9.82. The first kappa shape index (κ1) is 14.9. The van der Waals surface area contributed by atoms with E-state index in [1.54, 1.807) is 18.2 Å². The van der Waals surface area contributed by atoms with E-state index in [1.807, 2.05) is 0 Å². The fourth-order valence-corrected chi connectivity index (χ4v) is 3.19. The van der Waals surface area contributed by atoms with Gasteiger partial charge in [0, 0.05) is 24.1 Å². The highest BCUT2D eigenvalue weighted by Gasteiger charge is 2.38. The Morgan fingerprint density at radius 2 is 1.75 bits per heavy atom. The molecule has 7 heteroatoms. The maximum Gasteiger partial charge on any atom is 0.416 e. The van der Waals surface area contributed by atoms with Gasteiger partial charge in [0.25, 0.3) is 0 Å². The minimum atomic E-state index is -4.49. The lowest BCUT2D eigenvalue weighted by Crippen LogP contribution is -2.25. The van der Waals surface area contributed by atoms with E-state index in [2.05, 4.69) is 5.32 Å². The van der Waals surface area contributed by atoms with E-state index in [9.17, 15) is 18.0 Å². The van der Waals surface area contributed by atoms with Gasteiger partial charge in [0.1, 0.15) is 0 Å². The summed E-state index contributed by atoms with van der Waals surface area (Å²) in [6.45, 7) is 0.0516. The van der Waals surface area contributed by atoms with Gasteiger partial charge in [-0.2, -0.15) is 13.2 Å². The molecule has 0 aliphatic carbocycles. The van der Waals surface area contributed by atoms with Crippen molar-refractivity contribution in [2.75, 3.05) is 12.1 Å². The second-order valence-corrected chi connectivity index (χ2v) is 5.68.